The zero-order valence-corrected chi connectivity index (χ0v) is 22.0. The van der Waals surface area contributed by atoms with Crippen molar-refractivity contribution < 1.29 is 29.3 Å². The Labute approximate surface area is 231 Å². The largest absolute Gasteiger partial charge is 0.508 e. The van der Waals surface area contributed by atoms with Crippen molar-refractivity contribution in [1.82, 2.24) is 0 Å². The van der Waals surface area contributed by atoms with Gasteiger partial charge in [0.25, 0.3) is 0 Å². The van der Waals surface area contributed by atoms with Crippen LogP contribution in [0.3, 0.4) is 0 Å². The van der Waals surface area contributed by atoms with Crippen molar-refractivity contribution in [3.8, 4) is 5.75 Å². The minimum absolute atomic E-state index is 0.0207. The van der Waals surface area contributed by atoms with Gasteiger partial charge in [0.2, 0.25) is 11.8 Å². The van der Waals surface area contributed by atoms with E-state index in [-0.39, 0.29) is 30.6 Å². The standard InChI is InChI=1S/C30H29ClN2O6/c1-38-16-17-13-23-27(24-15-26(39-30(17,24)37)22-12-11-21(34)14-25(22)31)29(36)33(28(23)35)20-9-7-19(8-10-20)32-18-5-3-2-4-6-18/h2-12,14,17,23-24,26-27,32,34,37H,13,15-16H2,1H3/t17-,23+,24+,26+,27+,30-/m1/s1. The number of ether oxygens (including phenoxy) is 2. The van der Waals surface area contributed by atoms with Crippen LogP contribution >= 0.6 is 11.6 Å². The number of carbonyl (C=O) groups excluding carboxylic acids is 2. The Morgan fingerprint density at radius 3 is 2.44 bits per heavy atom. The Morgan fingerprint density at radius 1 is 1.03 bits per heavy atom. The lowest BCUT2D eigenvalue weighted by molar-refractivity contribution is -0.275. The van der Waals surface area contributed by atoms with Crippen LogP contribution in [0, 0.1) is 23.7 Å². The van der Waals surface area contributed by atoms with Crippen molar-refractivity contribution in [2.45, 2.75) is 24.7 Å². The number of carbonyl (C=O) groups is 2. The number of para-hydroxylation sites is 1. The second-order valence-corrected chi connectivity index (χ2v) is 10.9. The molecule has 1 saturated carbocycles. The van der Waals surface area contributed by atoms with Crippen molar-refractivity contribution in [1.29, 1.82) is 0 Å². The molecule has 1 aliphatic carbocycles. The predicted octanol–water partition coefficient (Wildman–Crippen LogP) is 5.03. The van der Waals surface area contributed by atoms with Crippen LogP contribution in [0.2, 0.25) is 5.02 Å². The zero-order valence-electron chi connectivity index (χ0n) is 21.3. The zero-order chi connectivity index (χ0) is 27.3. The molecule has 2 heterocycles. The van der Waals surface area contributed by atoms with Gasteiger partial charge < -0.3 is 25.0 Å². The topological polar surface area (TPSA) is 108 Å². The van der Waals surface area contributed by atoms with Gasteiger partial charge in [0.15, 0.2) is 5.79 Å². The van der Waals surface area contributed by atoms with Gasteiger partial charge in [-0.15, -0.1) is 0 Å². The van der Waals surface area contributed by atoms with Gasteiger partial charge in [-0.1, -0.05) is 35.9 Å². The van der Waals surface area contributed by atoms with Gasteiger partial charge in [-0.2, -0.15) is 0 Å². The molecule has 0 aromatic heterocycles. The summed E-state index contributed by atoms with van der Waals surface area (Å²) in [6.07, 6.45) is -0.0442. The molecule has 3 aromatic carbocycles. The molecule has 3 fully saturated rings. The maximum atomic E-state index is 13.9. The molecule has 3 aromatic rings. The summed E-state index contributed by atoms with van der Waals surface area (Å²) in [5, 5.41) is 25.3. The molecule has 0 spiro atoms. The quantitative estimate of drug-likeness (QED) is 0.371. The van der Waals surface area contributed by atoms with Crippen LogP contribution < -0.4 is 10.2 Å². The number of nitrogens with zero attached hydrogens (tertiary/aromatic N) is 1. The first-order chi connectivity index (χ1) is 18.8. The normalized spacial score (nSPS) is 29.8. The number of aromatic hydroxyl groups is 1. The first-order valence-corrected chi connectivity index (χ1v) is 13.4. The van der Waals surface area contributed by atoms with Gasteiger partial charge >= 0.3 is 0 Å². The Kier molecular flexibility index (Phi) is 6.59. The number of phenolic OH excluding ortho intramolecular Hbond substituents is 1. The number of hydrogen-bond donors (Lipinski definition) is 3. The summed E-state index contributed by atoms with van der Waals surface area (Å²) in [5.41, 5.74) is 2.86. The summed E-state index contributed by atoms with van der Waals surface area (Å²) >= 11 is 6.40. The average Bonchev–Trinajstić information content (AvgIpc) is 3.39. The van der Waals surface area contributed by atoms with E-state index in [1.807, 2.05) is 42.5 Å². The predicted molar refractivity (Wildman–Crippen MR) is 146 cm³/mol. The highest BCUT2D eigenvalue weighted by Crippen LogP contribution is 2.59. The Bertz CT molecular complexity index is 1400. The number of phenols is 1. The number of fused-ring (bicyclic) bond motifs is 3. The van der Waals surface area contributed by atoms with Crippen LogP contribution in [-0.2, 0) is 19.1 Å². The molecule has 3 N–H and O–H groups in total. The van der Waals surface area contributed by atoms with Crippen molar-refractivity contribution in [2.75, 3.05) is 23.9 Å². The number of anilines is 3. The summed E-state index contributed by atoms with van der Waals surface area (Å²) in [6, 6.07) is 21.5. The van der Waals surface area contributed by atoms with Crippen molar-refractivity contribution in [3.63, 3.8) is 0 Å². The molecule has 3 aliphatic rings. The lowest BCUT2D eigenvalue weighted by Gasteiger charge is -2.44. The second kappa shape index (κ2) is 9.95. The summed E-state index contributed by atoms with van der Waals surface area (Å²) in [7, 11) is 1.53. The summed E-state index contributed by atoms with van der Waals surface area (Å²) in [5.74, 6) is -4.74. The Balaban J connectivity index is 1.29. The van der Waals surface area contributed by atoms with Crippen molar-refractivity contribution in [3.05, 3.63) is 83.4 Å². The van der Waals surface area contributed by atoms with Gasteiger partial charge in [0, 0.05) is 30.3 Å². The van der Waals surface area contributed by atoms with E-state index in [9.17, 15) is 19.8 Å². The summed E-state index contributed by atoms with van der Waals surface area (Å²) < 4.78 is 11.7. The van der Waals surface area contributed by atoms with Crippen LogP contribution in [0.15, 0.2) is 72.8 Å². The van der Waals surface area contributed by atoms with E-state index in [2.05, 4.69) is 5.32 Å². The van der Waals surface area contributed by atoms with Gasteiger partial charge in [-0.25, -0.2) is 0 Å². The fourth-order valence-electron chi connectivity index (χ4n) is 6.48. The van der Waals surface area contributed by atoms with E-state index in [1.165, 1.54) is 24.1 Å². The van der Waals surface area contributed by atoms with Crippen LogP contribution in [0.25, 0.3) is 0 Å². The highest BCUT2D eigenvalue weighted by Gasteiger charge is 2.67. The highest BCUT2D eigenvalue weighted by molar-refractivity contribution is 6.31. The lowest BCUT2D eigenvalue weighted by Crippen LogP contribution is -2.54. The van der Waals surface area contributed by atoms with Crippen LogP contribution in [0.1, 0.15) is 24.5 Å². The number of nitrogens with one attached hydrogen (secondary N) is 1. The first kappa shape index (κ1) is 25.8. The molecule has 39 heavy (non-hydrogen) atoms. The van der Waals surface area contributed by atoms with E-state index in [0.29, 0.717) is 22.7 Å². The summed E-state index contributed by atoms with van der Waals surface area (Å²) in [6.45, 7) is 0.174. The molecule has 0 unspecified atom stereocenters. The van der Waals surface area contributed by atoms with Gasteiger partial charge in [-0.3, -0.25) is 14.5 Å². The fraction of sp³-hybridized carbons (Fsp3) is 0.333. The summed E-state index contributed by atoms with van der Waals surface area (Å²) in [4.78, 5) is 28.8. The van der Waals surface area contributed by atoms with Crippen molar-refractivity contribution >= 4 is 40.5 Å². The number of aliphatic hydroxyl groups is 1. The van der Waals surface area contributed by atoms with E-state index in [4.69, 9.17) is 21.1 Å². The highest BCUT2D eigenvalue weighted by atomic mass is 35.5. The number of methoxy groups -OCH3 is 1. The molecule has 2 amide bonds. The van der Waals surface area contributed by atoms with Gasteiger partial charge in [0.05, 0.1) is 35.3 Å². The molecule has 6 rings (SSSR count). The molecule has 8 nitrogen and oxygen atoms in total. The molecular formula is C30H29ClN2O6. The number of imide groups is 1. The van der Waals surface area contributed by atoms with Gasteiger partial charge in [-0.05, 0) is 66.9 Å². The minimum Gasteiger partial charge on any atom is -0.508 e. The molecular weight excluding hydrogens is 520 g/mol. The van der Waals surface area contributed by atoms with E-state index >= 15 is 0 Å². The Morgan fingerprint density at radius 2 is 1.74 bits per heavy atom. The van der Waals surface area contributed by atoms with E-state index < -0.39 is 35.6 Å². The minimum atomic E-state index is -1.67. The molecule has 6 atom stereocenters. The smallest absolute Gasteiger partial charge is 0.238 e. The maximum Gasteiger partial charge on any atom is 0.238 e. The first-order valence-electron chi connectivity index (χ1n) is 13.0. The van der Waals surface area contributed by atoms with Crippen LogP contribution in [0.4, 0.5) is 17.1 Å². The molecule has 202 valence electrons. The van der Waals surface area contributed by atoms with Crippen LogP contribution in [-0.4, -0.2) is 41.5 Å². The Hall–Kier alpha value is -3.43. The number of halogens is 1. The monoisotopic (exact) mass is 548 g/mol. The third-order valence-corrected chi connectivity index (χ3v) is 8.58. The lowest BCUT2D eigenvalue weighted by atomic mass is 9.64. The SMILES string of the molecule is COC[C@H]1C[C@@H]2C(=O)N(c3ccc(Nc4ccccc4)cc3)C(=O)[C@@H]2[C@@H]2C[C@@H](c3ccc(O)cc3Cl)O[C@]12O. The average molecular weight is 549 g/mol. The van der Waals surface area contributed by atoms with E-state index in [1.54, 1.807) is 18.2 Å². The molecule has 2 aliphatic heterocycles. The number of benzene rings is 3. The van der Waals surface area contributed by atoms with Gasteiger partial charge in [0.1, 0.15) is 5.75 Å². The molecule has 0 radical (unpaired) electrons. The number of hydrogen-bond acceptors (Lipinski definition) is 7. The third-order valence-electron chi connectivity index (χ3n) is 8.25. The van der Waals surface area contributed by atoms with E-state index in [0.717, 1.165) is 11.4 Å². The van der Waals surface area contributed by atoms with Crippen LogP contribution in [0.5, 0.6) is 5.75 Å². The fourth-order valence-corrected chi connectivity index (χ4v) is 6.78. The molecule has 9 heteroatoms. The number of rotatable bonds is 6. The number of amides is 2. The van der Waals surface area contributed by atoms with Crippen molar-refractivity contribution in [2.24, 2.45) is 23.7 Å². The molecule has 2 saturated heterocycles. The second-order valence-electron chi connectivity index (χ2n) is 10.5. The third kappa shape index (κ3) is 4.37. The maximum absolute atomic E-state index is 13.9. The molecule has 0 bridgehead atoms.